The number of ether oxygens (including phenoxy) is 1. The van der Waals surface area contributed by atoms with Crippen LogP contribution in [0.2, 0.25) is 0 Å². The first-order valence-corrected chi connectivity index (χ1v) is 9.48. The summed E-state index contributed by atoms with van der Waals surface area (Å²) in [6.45, 7) is 5.60. The molecule has 9 heteroatoms. The number of hydrogen-bond acceptors (Lipinski definition) is 6. The van der Waals surface area contributed by atoms with Gasteiger partial charge in [0.1, 0.15) is 0 Å². The van der Waals surface area contributed by atoms with E-state index in [1.54, 1.807) is 31.1 Å². The Morgan fingerprint density at radius 1 is 1.19 bits per heavy atom. The summed E-state index contributed by atoms with van der Waals surface area (Å²) in [4.78, 5) is 42.1. The Kier molecular flexibility index (Phi) is 5.98. The number of rotatable bonds is 3. The number of anilines is 1. The van der Waals surface area contributed by atoms with E-state index < -0.39 is 0 Å². The largest absolute Gasteiger partial charge is 0.450 e. The second-order valence-corrected chi connectivity index (χ2v) is 6.97. The van der Waals surface area contributed by atoms with E-state index in [1.807, 2.05) is 4.90 Å². The zero-order valence-corrected chi connectivity index (χ0v) is 16.0. The molecule has 0 bridgehead atoms. The van der Waals surface area contributed by atoms with Crippen LogP contribution < -0.4 is 10.5 Å². The molecule has 1 aromatic rings. The molecule has 9 nitrogen and oxygen atoms in total. The van der Waals surface area contributed by atoms with Gasteiger partial charge < -0.3 is 19.4 Å². The number of amides is 2. The van der Waals surface area contributed by atoms with Crippen molar-refractivity contribution in [2.24, 2.45) is 13.0 Å². The van der Waals surface area contributed by atoms with E-state index >= 15 is 0 Å². The number of carbonyl (C=O) groups excluding carboxylic acids is 2. The smallest absolute Gasteiger partial charge is 0.409 e. The van der Waals surface area contributed by atoms with Gasteiger partial charge in [0.15, 0.2) is 0 Å². The normalized spacial score (nSPS) is 20.5. The van der Waals surface area contributed by atoms with Gasteiger partial charge in [0, 0.05) is 52.4 Å². The molecule has 1 atom stereocenters. The minimum atomic E-state index is -0.313. The number of piperidine rings is 1. The monoisotopic (exact) mass is 377 g/mol. The van der Waals surface area contributed by atoms with Gasteiger partial charge >= 0.3 is 6.09 Å². The molecule has 3 heterocycles. The van der Waals surface area contributed by atoms with Crippen molar-refractivity contribution >= 4 is 17.7 Å². The van der Waals surface area contributed by atoms with Crippen LogP contribution in [0.25, 0.3) is 0 Å². The third-order valence-corrected chi connectivity index (χ3v) is 5.21. The van der Waals surface area contributed by atoms with Gasteiger partial charge in [-0.1, -0.05) is 0 Å². The zero-order chi connectivity index (χ0) is 19.4. The van der Waals surface area contributed by atoms with Crippen LogP contribution in [0.5, 0.6) is 0 Å². The van der Waals surface area contributed by atoms with Gasteiger partial charge in [0.05, 0.1) is 24.4 Å². The molecule has 0 unspecified atom stereocenters. The lowest BCUT2D eigenvalue weighted by Crippen LogP contribution is -2.53. The summed E-state index contributed by atoms with van der Waals surface area (Å²) in [5, 5.41) is 4.07. The predicted molar refractivity (Wildman–Crippen MR) is 99.6 cm³/mol. The highest BCUT2D eigenvalue weighted by Crippen LogP contribution is 2.23. The van der Waals surface area contributed by atoms with E-state index in [2.05, 4.69) is 10.00 Å². The van der Waals surface area contributed by atoms with Crippen LogP contribution >= 0.6 is 0 Å². The van der Waals surface area contributed by atoms with E-state index in [9.17, 15) is 14.4 Å². The minimum absolute atomic E-state index is 0.100. The Morgan fingerprint density at radius 3 is 2.56 bits per heavy atom. The second-order valence-electron chi connectivity index (χ2n) is 6.97. The van der Waals surface area contributed by atoms with Crippen LogP contribution in [0.4, 0.5) is 10.5 Å². The predicted octanol–water partition coefficient (Wildman–Crippen LogP) is 0.297. The molecule has 2 saturated heterocycles. The van der Waals surface area contributed by atoms with Crippen molar-refractivity contribution in [1.29, 1.82) is 0 Å². The summed E-state index contributed by atoms with van der Waals surface area (Å²) in [6, 6.07) is 1.57. The van der Waals surface area contributed by atoms with Gasteiger partial charge in [-0.3, -0.25) is 9.59 Å². The summed E-state index contributed by atoms with van der Waals surface area (Å²) < 4.78 is 6.31. The molecule has 0 spiro atoms. The van der Waals surface area contributed by atoms with Crippen LogP contribution in [0.1, 0.15) is 19.8 Å². The van der Waals surface area contributed by atoms with Crippen molar-refractivity contribution in [1.82, 2.24) is 19.6 Å². The maximum Gasteiger partial charge on any atom is 0.409 e. The highest BCUT2D eigenvalue weighted by molar-refractivity contribution is 5.80. The Hall–Kier alpha value is -2.58. The van der Waals surface area contributed by atoms with Crippen LogP contribution in [0.15, 0.2) is 17.1 Å². The highest BCUT2D eigenvalue weighted by Gasteiger charge is 2.32. The average Bonchev–Trinajstić information content (AvgIpc) is 2.70. The number of piperazine rings is 1. The Morgan fingerprint density at radius 2 is 1.89 bits per heavy atom. The highest BCUT2D eigenvalue weighted by atomic mass is 16.6. The summed E-state index contributed by atoms with van der Waals surface area (Å²) in [6.07, 6.45) is 3.10. The fourth-order valence-corrected chi connectivity index (χ4v) is 3.63. The third kappa shape index (κ3) is 4.40. The van der Waals surface area contributed by atoms with Crippen molar-refractivity contribution < 1.29 is 14.3 Å². The Balaban J connectivity index is 1.58. The number of hydrogen-bond donors (Lipinski definition) is 0. The molecule has 2 fully saturated rings. The molecule has 148 valence electrons. The van der Waals surface area contributed by atoms with E-state index in [0.717, 1.165) is 25.1 Å². The minimum Gasteiger partial charge on any atom is -0.450 e. The number of aryl methyl sites for hydroxylation is 1. The first-order chi connectivity index (χ1) is 13.0. The van der Waals surface area contributed by atoms with Crippen molar-refractivity contribution in [2.75, 3.05) is 50.8 Å². The molecular formula is C18H27N5O4. The van der Waals surface area contributed by atoms with Gasteiger partial charge in [-0.15, -0.1) is 0 Å². The molecule has 0 aliphatic carbocycles. The summed E-state index contributed by atoms with van der Waals surface area (Å²) in [5.41, 5.74) is 0.610. The molecule has 2 amide bonds. The van der Waals surface area contributed by atoms with E-state index in [-0.39, 0.29) is 23.5 Å². The van der Waals surface area contributed by atoms with Crippen molar-refractivity contribution in [3.63, 3.8) is 0 Å². The Bertz CT molecular complexity index is 742. The maximum absolute atomic E-state index is 12.9. The molecule has 27 heavy (non-hydrogen) atoms. The summed E-state index contributed by atoms with van der Waals surface area (Å²) in [5.74, 6) is 0.0250. The lowest BCUT2D eigenvalue weighted by atomic mass is 9.96. The van der Waals surface area contributed by atoms with Gasteiger partial charge in [-0.05, 0) is 19.8 Å². The SMILES string of the molecule is CCOC(=O)N1CCN(C(=O)[C@H]2CCCN(c3cnn(C)c(=O)c3)C2)CC1. The number of aromatic nitrogens is 2. The zero-order valence-electron chi connectivity index (χ0n) is 16.0. The molecule has 0 aromatic carbocycles. The van der Waals surface area contributed by atoms with Crippen LogP contribution in [0.3, 0.4) is 0 Å². The first kappa shape index (κ1) is 19.2. The fraction of sp³-hybridized carbons (Fsp3) is 0.667. The molecule has 0 N–H and O–H groups in total. The van der Waals surface area contributed by atoms with Crippen molar-refractivity contribution in [3.8, 4) is 0 Å². The second kappa shape index (κ2) is 8.41. The molecule has 2 aliphatic rings. The van der Waals surface area contributed by atoms with Crippen molar-refractivity contribution in [3.05, 3.63) is 22.6 Å². The molecule has 1 aromatic heterocycles. The van der Waals surface area contributed by atoms with Gasteiger partial charge in [0.2, 0.25) is 5.91 Å². The van der Waals surface area contributed by atoms with Crippen LogP contribution in [0, 0.1) is 5.92 Å². The first-order valence-electron chi connectivity index (χ1n) is 9.48. The van der Waals surface area contributed by atoms with Crippen LogP contribution in [-0.4, -0.2) is 77.5 Å². The fourth-order valence-electron chi connectivity index (χ4n) is 3.63. The number of carbonyl (C=O) groups is 2. The lowest BCUT2D eigenvalue weighted by molar-refractivity contribution is -0.137. The molecule has 0 saturated carbocycles. The molecule has 2 aliphatic heterocycles. The van der Waals surface area contributed by atoms with Gasteiger partial charge in [-0.2, -0.15) is 5.10 Å². The van der Waals surface area contributed by atoms with Gasteiger partial charge in [-0.25, -0.2) is 9.48 Å². The standard InChI is InChI=1S/C18H27N5O4/c1-3-27-18(26)22-9-7-21(8-10-22)17(25)14-5-4-6-23(13-14)15-11-16(24)20(2)19-12-15/h11-12,14H,3-10,13H2,1-2H3/t14-/m0/s1. The van der Waals surface area contributed by atoms with Crippen LogP contribution in [-0.2, 0) is 16.6 Å². The quantitative estimate of drug-likeness (QED) is 0.753. The van der Waals surface area contributed by atoms with Crippen molar-refractivity contribution in [2.45, 2.75) is 19.8 Å². The summed E-state index contributed by atoms with van der Waals surface area (Å²) >= 11 is 0. The van der Waals surface area contributed by atoms with Gasteiger partial charge in [0.25, 0.3) is 5.56 Å². The summed E-state index contributed by atoms with van der Waals surface area (Å²) in [7, 11) is 1.62. The number of nitrogens with zero attached hydrogens (tertiary/aromatic N) is 5. The van der Waals surface area contributed by atoms with E-state index in [1.165, 1.54) is 4.68 Å². The maximum atomic E-state index is 12.9. The molecule has 0 radical (unpaired) electrons. The average molecular weight is 377 g/mol. The topological polar surface area (TPSA) is 88.0 Å². The molecular weight excluding hydrogens is 350 g/mol. The Labute approximate surface area is 158 Å². The van der Waals surface area contributed by atoms with E-state index in [0.29, 0.717) is 39.3 Å². The third-order valence-electron chi connectivity index (χ3n) is 5.21. The van der Waals surface area contributed by atoms with E-state index in [4.69, 9.17) is 4.74 Å². The lowest BCUT2D eigenvalue weighted by Gasteiger charge is -2.39. The molecule has 3 rings (SSSR count).